The number of benzene rings is 1. The fourth-order valence-electron chi connectivity index (χ4n) is 2.91. The Bertz CT molecular complexity index is 804. The third-order valence-corrected chi connectivity index (χ3v) is 5.29. The molecule has 1 aromatic heterocycles. The molecule has 3 nitrogen and oxygen atoms in total. The highest BCUT2D eigenvalue weighted by Crippen LogP contribution is 2.34. The minimum absolute atomic E-state index is 0.327. The van der Waals surface area contributed by atoms with Gasteiger partial charge in [0.25, 0.3) is 0 Å². The lowest BCUT2D eigenvalue weighted by atomic mass is 9.90. The van der Waals surface area contributed by atoms with E-state index in [0.29, 0.717) is 11.6 Å². The van der Waals surface area contributed by atoms with Crippen LogP contribution in [0.1, 0.15) is 48.7 Å². The Balaban J connectivity index is 1.71. The van der Waals surface area contributed by atoms with E-state index in [4.69, 9.17) is 0 Å². The number of thiazole rings is 1. The van der Waals surface area contributed by atoms with Gasteiger partial charge in [-0.25, -0.2) is 18.2 Å². The lowest BCUT2D eigenvalue weighted by Gasteiger charge is -2.18. The highest BCUT2D eigenvalue weighted by atomic mass is 32.1. The van der Waals surface area contributed by atoms with Gasteiger partial charge in [-0.2, -0.15) is 8.78 Å². The van der Waals surface area contributed by atoms with Gasteiger partial charge in [0.2, 0.25) is 34.8 Å². The van der Waals surface area contributed by atoms with Crippen molar-refractivity contribution in [1.29, 1.82) is 0 Å². The first kappa shape index (κ1) is 18.8. The van der Waals surface area contributed by atoms with Crippen LogP contribution in [-0.4, -0.2) is 11.0 Å². The van der Waals surface area contributed by atoms with Crippen molar-refractivity contribution in [1.82, 2.24) is 4.98 Å². The smallest absolute Gasteiger partial charge is 0.317 e. The molecule has 140 valence electrons. The molecule has 1 saturated carbocycles. The SMILES string of the molecule is O=C(Cc1csc(C2CCCCC2)n1)Oc1c(F)c(F)c(F)c(F)c1F. The van der Waals surface area contributed by atoms with E-state index in [1.165, 1.54) is 17.8 Å². The average Bonchev–Trinajstić information content (AvgIpc) is 3.11. The van der Waals surface area contributed by atoms with Gasteiger partial charge in [-0.15, -0.1) is 11.3 Å². The monoisotopic (exact) mass is 391 g/mol. The average molecular weight is 391 g/mol. The number of aromatic nitrogens is 1. The number of carbonyl (C=O) groups is 1. The van der Waals surface area contributed by atoms with E-state index in [9.17, 15) is 26.7 Å². The number of carbonyl (C=O) groups excluding carboxylic acids is 1. The molecule has 3 rings (SSSR count). The van der Waals surface area contributed by atoms with Crippen LogP contribution in [0.3, 0.4) is 0 Å². The largest absolute Gasteiger partial charge is 0.420 e. The summed E-state index contributed by atoms with van der Waals surface area (Å²) >= 11 is 1.38. The second-order valence-corrected chi connectivity index (χ2v) is 6.95. The third-order valence-electron chi connectivity index (χ3n) is 4.23. The van der Waals surface area contributed by atoms with Crippen molar-refractivity contribution in [2.24, 2.45) is 0 Å². The van der Waals surface area contributed by atoms with Gasteiger partial charge >= 0.3 is 5.97 Å². The van der Waals surface area contributed by atoms with Gasteiger partial charge in [0.15, 0.2) is 0 Å². The van der Waals surface area contributed by atoms with Crippen LogP contribution in [0.2, 0.25) is 0 Å². The standard InChI is InChI=1S/C17H14F5NO2S/c18-11-12(19)14(21)16(15(22)13(11)20)25-10(24)6-9-7-26-17(23-9)8-4-2-1-3-5-8/h7-8H,1-6H2. The number of rotatable bonds is 4. The Morgan fingerprint density at radius 3 is 2.19 bits per heavy atom. The van der Waals surface area contributed by atoms with Crippen molar-refractivity contribution in [3.05, 3.63) is 45.2 Å². The van der Waals surface area contributed by atoms with Gasteiger partial charge in [0.05, 0.1) is 17.1 Å². The van der Waals surface area contributed by atoms with E-state index in [2.05, 4.69) is 9.72 Å². The number of halogens is 5. The second kappa shape index (κ2) is 7.69. The maximum atomic E-state index is 13.5. The number of nitrogens with zero attached hydrogens (tertiary/aromatic N) is 1. The lowest BCUT2D eigenvalue weighted by Crippen LogP contribution is -2.16. The van der Waals surface area contributed by atoms with Crippen LogP contribution in [-0.2, 0) is 11.2 Å². The van der Waals surface area contributed by atoms with Crippen LogP contribution < -0.4 is 4.74 Å². The van der Waals surface area contributed by atoms with Crippen LogP contribution in [0.5, 0.6) is 5.75 Å². The first-order valence-electron chi connectivity index (χ1n) is 8.05. The summed E-state index contributed by atoms with van der Waals surface area (Å²) < 4.78 is 70.7. The van der Waals surface area contributed by atoms with Gasteiger partial charge in [-0.05, 0) is 12.8 Å². The van der Waals surface area contributed by atoms with E-state index in [1.54, 1.807) is 5.38 Å². The van der Waals surface area contributed by atoms with Crippen LogP contribution in [0.25, 0.3) is 0 Å². The summed E-state index contributed by atoms with van der Waals surface area (Å²) in [6.07, 6.45) is 5.01. The quantitative estimate of drug-likeness (QED) is 0.241. The van der Waals surface area contributed by atoms with Crippen LogP contribution >= 0.6 is 11.3 Å². The summed E-state index contributed by atoms with van der Waals surface area (Å²) in [4.78, 5) is 16.2. The molecule has 1 heterocycles. The Hall–Kier alpha value is -2.03. The van der Waals surface area contributed by atoms with Gasteiger partial charge in [-0.3, -0.25) is 4.79 Å². The molecule has 0 saturated heterocycles. The molecule has 1 fully saturated rings. The zero-order valence-electron chi connectivity index (χ0n) is 13.5. The maximum Gasteiger partial charge on any atom is 0.317 e. The molecule has 0 atom stereocenters. The molecule has 9 heteroatoms. The molecular formula is C17H14F5NO2S. The summed E-state index contributed by atoms with van der Waals surface area (Å²) in [5.41, 5.74) is 0.337. The molecule has 2 aromatic rings. The second-order valence-electron chi connectivity index (χ2n) is 6.06. The summed E-state index contributed by atoms with van der Waals surface area (Å²) in [6.45, 7) is 0. The minimum Gasteiger partial charge on any atom is -0.420 e. The molecule has 1 aliphatic rings. The van der Waals surface area contributed by atoms with Crippen LogP contribution in [0.4, 0.5) is 22.0 Å². The highest BCUT2D eigenvalue weighted by molar-refractivity contribution is 7.09. The topological polar surface area (TPSA) is 39.2 Å². The number of hydrogen-bond donors (Lipinski definition) is 0. The van der Waals surface area contributed by atoms with Gasteiger partial charge in [0.1, 0.15) is 0 Å². The molecule has 0 bridgehead atoms. The fourth-order valence-corrected chi connectivity index (χ4v) is 3.90. The lowest BCUT2D eigenvalue weighted by molar-refractivity contribution is -0.134. The number of hydrogen-bond acceptors (Lipinski definition) is 4. The van der Waals surface area contributed by atoms with Crippen LogP contribution in [0.15, 0.2) is 5.38 Å². The predicted molar refractivity (Wildman–Crippen MR) is 83.5 cm³/mol. The van der Waals surface area contributed by atoms with E-state index >= 15 is 0 Å². The van der Waals surface area contributed by atoms with Crippen molar-refractivity contribution in [3.63, 3.8) is 0 Å². The van der Waals surface area contributed by atoms with Crippen molar-refractivity contribution >= 4 is 17.3 Å². The van der Waals surface area contributed by atoms with Crippen molar-refractivity contribution in [3.8, 4) is 5.75 Å². The van der Waals surface area contributed by atoms with Gasteiger partial charge < -0.3 is 4.74 Å². The van der Waals surface area contributed by atoms with Crippen molar-refractivity contribution < 1.29 is 31.5 Å². The summed E-state index contributed by atoms with van der Waals surface area (Å²) in [5, 5.41) is 2.51. The minimum atomic E-state index is -2.31. The molecule has 26 heavy (non-hydrogen) atoms. The Kier molecular flexibility index (Phi) is 5.55. The van der Waals surface area contributed by atoms with Crippen molar-refractivity contribution in [2.75, 3.05) is 0 Å². The first-order valence-corrected chi connectivity index (χ1v) is 8.92. The third kappa shape index (κ3) is 3.72. The molecule has 0 radical (unpaired) electrons. The summed E-state index contributed by atoms with van der Waals surface area (Å²) in [6, 6.07) is 0. The molecule has 0 aliphatic heterocycles. The van der Waals surface area contributed by atoms with Gasteiger partial charge in [-0.1, -0.05) is 19.3 Å². The van der Waals surface area contributed by atoms with E-state index < -0.39 is 47.2 Å². The fraction of sp³-hybridized carbons (Fsp3) is 0.412. The Labute approximate surface area is 149 Å². The highest BCUT2D eigenvalue weighted by Gasteiger charge is 2.29. The molecular weight excluding hydrogens is 377 g/mol. The Morgan fingerprint density at radius 1 is 1.00 bits per heavy atom. The summed E-state index contributed by atoms with van der Waals surface area (Å²) in [5.74, 6) is -13.4. The number of ether oxygens (including phenoxy) is 1. The number of esters is 1. The van der Waals surface area contributed by atoms with Gasteiger partial charge in [0, 0.05) is 11.3 Å². The molecule has 0 amide bonds. The zero-order chi connectivity index (χ0) is 18.8. The first-order chi connectivity index (χ1) is 12.4. The molecule has 0 N–H and O–H groups in total. The molecule has 0 unspecified atom stereocenters. The van der Waals surface area contributed by atoms with E-state index in [0.717, 1.165) is 30.7 Å². The normalized spacial score (nSPS) is 15.3. The van der Waals surface area contributed by atoms with E-state index in [1.807, 2.05) is 0 Å². The summed E-state index contributed by atoms with van der Waals surface area (Å²) in [7, 11) is 0. The predicted octanol–water partition coefficient (Wildman–Crippen LogP) is 5.03. The maximum absolute atomic E-state index is 13.5. The molecule has 0 spiro atoms. The van der Waals surface area contributed by atoms with Crippen molar-refractivity contribution in [2.45, 2.75) is 44.4 Å². The zero-order valence-corrected chi connectivity index (χ0v) is 14.3. The van der Waals surface area contributed by atoms with Crippen LogP contribution in [0, 0.1) is 29.1 Å². The van der Waals surface area contributed by atoms with E-state index in [-0.39, 0.29) is 0 Å². The molecule has 1 aliphatic carbocycles. The Morgan fingerprint density at radius 2 is 1.58 bits per heavy atom. The molecule has 1 aromatic carbocycles.